The number of aryl methyl sites for hydroxylation is 1. The van der Waals surface area contributed by atoms with Crippen LogP contribution in [-0.2, 0) is 25.5 Å². The molecule has 0 aliphatic carbocycles. The molecule has 7 nitrogen and oxygen atoms in total. The average Bonchev–Trinajstić information content (AvgIpc) is 2.82. The number of ether oxygens (including phenoxy) is 2. The van der Waals surface area contributed by atoms with Crippen molar-refractivity contribution >= 4 is 23.5 Å². The molecule has 2 heterocycles. The minimum Gasteiger partial charge on any atom is -0.462 e. The van der Waals surface area contributed by atoms with Crippen molar-refractivity contribution < 1.29 is 19.1 Å². The molecule has 1 aliphatic rings. The largest absolute Gasteiger partial charge is 0.462 e. The molecule has 1 atom stereocenters. The zero-order valence-electron chi connectivity index (χ0n) is 19.1. The highest BCUT2D eigenvalue weighted by Crippen LogP contribution is 2.39. The standard InChI is InChI=1S/C26H26ClN3O4/c1-17-22(25(31)33-13-5-8-19-7-4-12-29-16-19)24(20-9-3-10-21(27)15-20)23(18(2)30-17)26(32)34-14-6-11-28/h3-4,7,9-10,12,15-16,24,30H,5-6,8,13-14H2,1-2H3. The van der Waals surface area contributed by atoms with Crippen molar-refractivity contribution in [3.8, 4) is 6.07 Å². The molecular weight excluding hydrogens is 454 g/mol. The van der Waals surface area contributed by atoms with Crippen molar-refractivity contribution in [2.75, 3.05) is 13.2 Å². The van der Waals surface area contributed by atoms with Gasteiger partial charge in [-0.1, -0.05) is 29.8 Å². The molecule has 34 heavy (non-hydrogen) atoms. The number of rotatable bonds is 9. The van der Waals surface area contributed by atoms with E-state index in [1.807, 2.05) is 18.2 Å². The average molecular weight is 480 g/mol. The number of pyridine rings is 1. The topological polar surface area (TPSA) is 101 Å². The summed E-state index contributed by atoms with van der Waals surface area (Å²) in [6.45, 7) is 3.70. The first-order valence-electron chi connectivity index (χ1n) is 11.0. The van der Waals surface area contributed by atoms with Crippen LogP contribution >= 0.6 is 11.6 Å². The maximum atomic E-state index is 13.2. The first kappa shape index (κ1) is 25.0. The highest BCUT2D eigenvalue weighted by Gasteiger charge is 2.38. The third-order valence-corrected chi connectivity index (χ3v) is 5.63. The molecule has 2 aromatic rings. The second-order valence-corrected chi connectivity index (χ2v) is 8.27. The van der Waals surface area contributed by atoms with E-state index in [1.54, 1.807) is 50.5 Å². The lowest BCUT2D eigenvalue weighted by atomic mass is 9.80. The summed E-state index contributed by atoms with van der Waals surface area (Å²) in [5, 5.41) is 12.4. The van der Waals surface area contributed by atoms with Crippen LogP contribution in [0.25, 0.3) is 0 Å². The third kappa shape index (κ3) is 6.24. The molecule has 1 aliphatic heterocycles. The van der Waals surface area contributed by atoms with E-state index >= 15 is 0 Å². The summed E-state index contributed by atoms with van der Waals surface area (Å²) < 4.78 is 10.9. The molecular formula is C26H26ClN3O4. The first-order chi connectivity index (χ1) is 16.4. The highest BCUT2D eigenvalue weighted by molar-refractivity contribution is 6.30. The Bertz CT molecular complexity index is 1150. The highest BCUT2D eigenvalue weighted by atomic mass is 35.5. The summed E-state index contributed by atoms with van der Waals surface area (Å²) in [7, 11) is 0. The Morgan fingerprint density at radius 3 is 2.41 bits per heavy atom. The number of carbonyl (C=O) groups is 2. The van der Waals surface area contributed by atoms with Gasteiger partial charge in [0.15, 0.2) is 0 Å². The number of allylic oxidation sites excluding steroid dienone is 2. The Kier molecular flexibility index (Phi) is 8.83. The van der Waals surface area contributed by atoms with Crippen molar-refractivity contribution in [3.63, 3.8) is 0 Å². The van der Waals surface area contributed by atoms with Gasteiger partial charge in [0.25, 0.3) is 0 Å². The van der Waals surface area contributed by atoms with Crippen molar-refractivity contribution in [3.05, 3.63) is 87.5 Å². The number of dihydropyridines is 1. The van der Waals surface area contributed by atoms with Gasteiger partial charge in [-0.25, -0.2) is 9.59 Å². The molecule has 0 spiro atoms. The number of hydrogen-bond donors (Lipinski definition) is 1. The Labute approximate surface area is 204 Å². The molecule has 0 amide bonds. The van der Waals surface area contributed by atoms with E-state index in [9.17, 15) is 9.59 Å². The number of carbonyl (C=O) groups excluding carboxylic acids is 2. The number of esters is 2. The Morgan fingerprint density at radius 1 is 1.09 bits per heavy atom. The van der Waals surface area contributed by atoms with Crippen LogP contribution in [0.1, 0.15) is 43.7 Å². The van der Waals surface area contributed by atoms with Crippen molar-refractivity contribution in [2.45, 2.75) is 39.0 Å². The van der Waals surface area contributed by atoms with Crippen LogP contribution in [0, 0.1) is 11.3 Å². The summed E-state index contributed by atoms with van der Waals surface area (Å²) in [6, 6.07) is 12.8. The van der Waals surface area contributed by atoms with Crippen molar-refractivity contribution in [1.29, 1.82) is 5.26 Å². The molecule has 176 valence electrons. The molecule has 3 rings (SSSR count). The van der Waals surface area contributed by atoms with Gasteiger partial charge in [-0.3, -0.25) is 4.98 Å². The maximum absolute atomic E-state index is 13.2. The minimum absolute atomic E-state index is 0.0365. The van der Waals surface area contributed by atoms with Crippen LogP contribution in [0.4, 0.5) is 0 Å². The zero-order valence-corrected chi connectivity index (χ0v) is 19.9. The maximum Gasteiger partial charge on any atom is 0.336 e. The number of nitrogens with zero attached hydrogens (tertiary/aromatic N) is 2. The van der Waals surface area contributed by atoms with Gasteiger partial charge in [0.2, 0.25) is 0 Å². The predicted octanol–water partition coefficient (Wildman–Crippen LogP) is 4.60. The third-order valence-electron chi connectivity index (χ3n) is 5.39. The zero-order chi connectivity index (χ0) is 24.5. The number of nitrogens with one attached hydrogen (secondary N) is 1. The fourth-order valence-electron chi connectivity index (χ4n) is 3.89. The fraction of sp³-hybridized carbons (Fsp3) is 0.308. The van der Waals surface area contributed by atoms with Gasteiger partial charge in [-0.15, -0.1) is 0 Å². The number of halogens is 1. The molecule has 8 heteroatoms. The lowest BCUT2D eigenvalue weighted by Gasteiger charge is -2.30. The van der Waals surface area contributed by atoms with E-state index in [1.165, 1.54) is 0 Å². The molecule has 0 radical (unpaired) electrons. The lowest BCUT2D eigenvalue weighted by Crippen LogP contribution is -2.32. The van der Waals surface area contributed by atoms with Crippen LogP contribution in [-0.4, -0.2) is 30.1 Å². The van der Waals surface area contributed by atoms with Crippen molar-refractivity contribution in [1.82, 2.24) is 10.3 Å². The van der Waals surface area contributed by atoms with Crippen LogP contribution in [0.15, 0.2) is 71.3 Å². The van der Waals surface area contributed by atoms with Crippen LogP contribution in [0.3, 0.4) is 0 Å². The monoisotopic (exact) mass is 479 g/mol. The van der Waals surface area contributed by atoms with E-state index in [2.05, 4.69) is 10.3 Å². The van der Waals surface area contributed by atoms with Crippen molar-refractivity contribution in [2.24, 2.45) is 0 Å². The number of nitriles is 1. The molecule has 1 N–H and O–H groups in total. The predicted molar refractivity (Wildman–Crippen MR) is 127 cm³/mol. The number of benzene rings is 1. The molecule has 1 unspecified atom stereocenters. The van der Waals surface area contributed by atoms with Gasteiger partial charge >= 0.3 is 11.9 Å². The van der Waals surface area contributed by atoms with E-state index in [4.69, 9.17) is 26.3 Å². The minimum atomic E-state index is -0.722. The summed E-state index contributed by atoms with van der Waals surface area (Å²) in [6.07, 6.45) is 4.94. The molecule has 1 aromatic heterocycles. The van der Waals surface area contributed by atoms with E-state index < -0.39 is 17.9 Å². The SMILES string of the molecule is CC1=C(C(=O)OCCC#N)C(c2cccc(Cl)c2)C(C(=O)OCCCc2cccnc2)=C(C)N1. The van der Waals surface area contributed by atoms with Gasteiger partial charge in [-0.05, 0) is 56.0 Å². The van der Waals surface area contributed by atoms with Crippen LogP contribution in [0.5, 0.6) is 0 Å². The smallest absolute Gasteiger partial charge is 0.336 e. The molecule has 0 saturated carbocycles. The summed E-state index contributed by atoms with van der Waals surface area (Å²) in [5.41, 5.74) is 3.49. The molecule has 0 bridgehead atoms. The van der Waals surface area contributed by atoms with E-state index in [0.717, 1.165) is 12.0 Å². The van der Waals surface area contributed by atoms with Gasteiger partial charge in [-0.2, -0.15) is 5.26 Å². The Hall–Kier alpha value is -3.63. The van der Waals surface area contributed by atoms with Crippen LogP contribution in [0.2, 0.25) is 5.02 Å². The van der Waals surface area contributed by atoms with Gasteiger partial charge in [0.05, 0.1) is 36.2 Å². The van der Waals surface area contributed by atoms with Gasteiger partial charge in [0.1, 0.15) is 6.61 Å². The summed E-state index contributed by atoms with van der Waals surface area (Å²) in [5.74, 6) is -1.84. The van der Waals surface area contributed by atoms with Crippen LogP contribution < -0.4 is 5.32 Å². The second-order valence-electron chi connectivity index (χ2n) is 7.84. The lowest BCUT2D eigenvalue weighted by molar-refractivity contribution is -0.140. The fourth-order valence-corrected chi connectivity index (χ4v) is 4.09. The Balaban J connectivity index is 1.84. The van der Waals surface area contributed by atoms with Gasteiger partial charge < -0.3 is 14.8 Å². The molecule has 0 fully saturated rings. The van der Waals surface area contributed by atoms with E-state index in [0.29, 0.717) is 34.0 Å². The first-order valence-corrected chi connectivity index (χ1v) is 11.3. The molecule has 1 aromatic carbocycles. The number of hydrogen-bond acceptors (Lipinski definition) is 7. The van der Waals surface area contributed by atoms with E-state index in [-0.39, 0.29) is 25.2 Å². The second kappa shape index (κ2) is 12.0. The quantitative estimate of drug-likeness (QED) is 0.414. The normalized spacial score (nSPS) is 15.4. The van der Waals surface area contributed by atoms with Gasteiger partial charge in [0, 0.05) is 28.8 Å². The number of aromatic nitrogens is 1. The molecule has 0 saturated heterocycles. The summed E-state index contributed by atoms with van der Waals surface area (Å²) in [4.78, 5) is 30.3. The Morgan fingerprint density at radius 2 is 1.79 bits per heavy atom. The summed E-state index contributed by atoms with van der Waals surface area (Å²) >= 11 is 6.23.